The Morgan fingerprint density at radius 2 is 1.92 bits per heavy atom. The summed E-state index contributed by atoms with van der Waals surface area (Å²) < 4.78 is 15.7. The number of anilines is 1. The molecule has 3 aromatic rings. The largest absolute Gasteiger partial charge is 0.497 e. The van der Waals surface area contributed by atoms with E-state index in [0.29, 0.717) is 17.2 Å². The minimum atomic E-state index is -0.698. The first-order valence-corrected chi connectivity index (χ1v) is 8.12. The highest BCUT2D eigenvalue weighted by molar-refractivity contribution is 6.37. The van der Waals surface area contributed by atoms with E-state index in [2.05, 4.69) is 10.2 Å². The van der Waals surface area contributed by atoms with Crippen molar-refractivity contribution in [2.45, 2.75) is 6.61 Å². The lowest BCUT2D eigenvalue weighted by molar-refractivity contribution is 0.0440. The molecule has 2 aromatic carbocycles. The third-order valence-electron chi connectivity index (χ3n) is 3.44. The molecule has 26 heavy (non-hydrogen) atoms. The van der Waals surface area contributed by atoms with Crippen molar-refractivity contribution in [1.29, 1.82) is 0 Å². The van der Waals surface area contributed by atoms with E-state index < -0.39 is 5.97 Å². The second-order valence-electron chi connectivity index (χ2n) is 5.15. The van der Waals surface area contributed by atoms with Crippen LogP contribution in [0.15, 0.2) is 40.8 Å². The van der Waals surface area contributed by atoms with Crippen molar-refractivity contribution in [1.82, 2.24) is 10.2 Å². The number of carbonyl (C=O) groups excluding carboxylic acids is 1. The van der Waals surface area contributed by atoms with Crippen molar-refractivity contribution in [2.75, 3.05) is 12.8 Å². The molecule has 0 saturated heterocycles. The molecule has 9 heteroatoms. The predicted octanol–water partition coefficient (Wildman–Crippen LogP) is 3.99. The molecule has 7 nitrogen and oxygen atoms in total. The maximum absolute atomic E-state index is 12.2. The van der Waals surface area contributed by atoms with E-state index in [1.165, 1.54) is 12.1 Å². The lowest BCUT2D eigenvalue weighted by Gasteiger charge is -2.07. The van der Waals surface area contributed by atoms with Crippen molar-refractivity contribution in [3.05, 3.63) is 57.9 Å². The number of benzene rings is 2. The molecule has 0 saturated carbocycles. The Kier molecular flexibility index (Phi) is 5.29. The minimum Gasteiger partial charge on any atom is -0.497 e. The second-order valence-corrected chi connectivity index (χ2v) is 6.00. The van der Waals surface area contributed by atoms with Gasteiger partial charge in [0.15, 0.2) is 6.61 Å². The number of nitrogens with zero attached hydrogens (tertiary/aromatic N) is 2. The van der Waals surface area contributed by atoms with Crippen LogP contribution < -0.4 is 10.5 Å². The van der Waals surface area contributed by atoms with Gasteiger partial charge in [0.25, 0.3) is 5.89 Å². The van der Waals surface area contributed by atoms with Crippen LogP contribution in [0.5, 0.6) is 5.75 Å². The zero-order valence-electron chi connectivity index (χ0n) is 13.5. The summed E-state index contributed by atoms with van der Waals surface area (Å²) >= 11 is 11.8. The first-order valence-electron chi connectivity index (χ1n) is 7.36. The fourth-order valence-electron chi connectivity index (χ4n) is 2.12. The molecule has 0 radical (unpaired) electrons. The van der Waals surface area contributed by atoms with E-state index in [0.717, 1.165) is 0 Å². The summed E-state index contributed by atoms with van der Waals surface area (Å²) in [6.45, 7) is -0.217. The highest BCUT2D eigenvalue weighted by Crippen LogP contribution is 2.28. The molecule has 0 aliphatic rings. The number of rotatable bonds is 5. The van der Waals surface area contributed by atoms with Crippen LogP contribution in [0.2, 0.25) is 10.0 Å². The molecule has 134 valence electrons. The summed E-state index contributed by atoms with van der Waals surface area (Å²) in [5.41, 5.74) is 6.64. The van der Waals surface area contributed by atoms with Crippen molar-refractivity contribution < 1.29 is 18.7 Å². The molecule has 0 amide bonds. The molecule has 0 aliphatic heterocycles. The Bertz CT molecular complexity index is 942. The SMILES string of the molecule is COc1ccc(-c2nnc(COC(=O)c3cc(Cl)cc(Cl)c3N)o2)cc1. The monoisotopic (exact) mass is 393 g/mol. The van der Waals surface area contributed by atoms with Crippen LogP contribution in [0.1, 0.15) is 16.2 Å². The number of methoxy groups -OCH3 is 1. The van der Waals surface area contributed by atoms with Crippen molar-refractivity contribution in [3.63, 3.8) is 0 Å². The smallest absolute Gasteiger partial charge is 0.340 e. The van der Waals surface area contributed by atoms with Crippen LogP contribution in [0.4, 0.5) is 5.69 Å². The lowest BCUT2D eigenvalue weighted by atomic mass is 10.2. The lowest BCUT2D eigenvalue weighted by Crippen LogP contribution is -2.09. The number of nitrogens with two attached hydrogens (primary N) is 1. The highest BCUT2D eigenvalue weighted by atomic mass is 35.5. The molecule has 0 atom stereocenters. The van der Waals surface area contributed by atoms with E-state index in [9.17, 15) is 4.79 Å². The number of hydrogen-bond donors (Lipinski definition) is 1. The summed E-state index contributed by atoms with van der Waals surface area (Å²) in [4.78, 5) is 12.2. The molecule has 0 fully saturated rings. The third kappa shape index (κ3) is 3.89. The van der Waals surface area contributed by atoms with Crippen molar-refractivity contribution in [2.24, 2.45) is 0 Å². The molecular weight excluding hydrogens is 381 g/mol. The molecule has 1 heterocycles. The number of nitrogen functional groups attached to an aromatic ring is 1. The van der Waals surface area contributed by atoms with Gasteiger partial charge in [0, 0.05) is 10.6 Å². The zero-order chi connectivity index (χ0) is 18.7. The Morgan fingerprint density at radius 1 is 1.19 bits per heavy atom. The van der Waals surface area contributed by atoms with Gasteiger partial charge in [-0.3, -0.25) is 0 Å². The van der Waals surface area contributed by atoms with Crippen LogP contribution in [0, 0.1) is 0 Å². The van der Waals surface area contributed by atoms with Crippen LogP contribution >= 0.6 is 23.2 Å². The van der Waals surface area contributed by atoms with E-state index in [-0.39, 0.29) is 33.8 Å². The summed E-state index contributed by atoms with van der Waals surface area (Å²) in [5.74, 6) is 0.441. The van der Waals surface area contributed by atoms with Crippen LogP contribution in [-0.4, -0.2) is 23.3 Å². The van der Waals surface area contributed by atoms with Gasteiger partial charge in [0.05, 0.1) is 23.4 Å². The number of ether oxygens (including phenoxy) is 2. The van der Waals surface area contributed by atoms with Crippen molar-refractivity contribution >= 4 is 34.9 Å². The average Bonchev–Trinajstić information content (AvgIpc) is 3.11. The Hall–Kier alpha value is -2.77. The number of esters is 1. The molecule has 0 aliphatic carbocycles. The number of hydrogen-bond acceptors (Lipinski definition) is 7. The van der Waals surface area contributed by atoms with Gasteiger partial charge >= 0.3 is 5.97 Å². The topological polar surface area (TPSA) is 100 Å². The number of carbonyl (C=O) groups is 1. The van der Waals surface area contributed by atoms with Crippen molar-refractivity contribution in [3.8, 4) is 17.2 Å². The molecule has 0 bridgehead atoms. The normalized spacial score (nSPS) is 10.6. The number of halogens is 2. The quantitative estimate of drug-likeness (QED) is 0.516. The number of aromatic nitrogens is 2. The third-order valence-corrected chi connectivity index (χ3v) is 3.98. The molecule has 0 spiro atoms. The van der Waals surface area contributed by atoms with Gasteiger partial charge in [-0.1, -0.05) is 23.2 Å². The standard InChI is InChI=1S/C17H13Cl2N3O4/c1-24-11-4-2-9(3-5-11)16-22-21-14(26-16)8-25-17(23)12-6-10(18)7-13(19)15(12)20/h2-7H,8,20H2,1H3. The highest BCUT2D eigenvalue weighted by Gasteiger charge is 2.17. The summed E-state index contributed by atoms with van der Waals surface area (Å²) in [5, 5.41) is 8.22. The predicted molar refractivity (Wildman–Crippen MR) is 96.3 cm³/mol. The van der Waals surface area contributed by atoms with Crippen LogP contribution in [-0.2, 0) is 11.3 Å². The van der Waals surface area contributed by atoms with Gasteiger partial charge in [0.1, 0.15) is 5.75 Å². The van der Waals surface area contributed by atoms with E-state index in [1.807, 2.05) is 0 Å². The maximum atomic E-state index is 12.2. The van der Waals surface area contributed by atoms with Gasteiger partial charge in [-0.25, -0.2) is 4.79 Å². The maximum Gasteiger partial charge on any atom is 0.340 e. The van der Waals surface area contributed by atoms with Crippen LogP contribution in [0.3, 0.4) is 0 Å². The fourth-order valence-corrected chi connectivity index (χ4v) is 2.61. The second kappa shape index (κ2) is 7.63. The molecule has 3 rings (SSSR count). The Morgan fingerprint density at radius 3 is 2.62 bits per heavy atom. The molecule has 2 N–H and O–H groups in total. The Labute approximate surface area is 158 Å². The van der Waals surface area contributed by atoms with E-state index >= 15 is 0 Å². The minimum absolute atomic E-state index is 0.0670. The van der Waals surface area contributed by atoms with Gasteiger partial charge in [-0.05, 0) is 36.4 Å². The van der Waals surface area contributed by atoms with Gasteiger partial charge in [-0.2, -0.15) is 0 Å². The molecule has 1 aromatic heterocycles. The first-order chi connectivity index (χ1) is 12.5. The summed E-state index contributed by atoms with van der Waals surface area (Å²) in [7, 11) is 1.58. The van der Waals surface area contributed by atoms with Gasteiger partial charge < -0.3 is 19.6 Å². The average molecular weight is 394 g/mol. The van der Waals surface area contributed by atoms with E-state index in [1.54, 1.807) is 31.4 Å². The van der Waals surface area contributed by atoms with Crippen LogP contribution in [0.25, 0.3) is 11.5 Å². The first kappa shape index (κ1) is 18.0. The summed E-state index contributed by atoms with van der Waals surface area (Å²) in [6, 6.07) is 9.90. The molecular formula is C17H13Cl2N3O4. The fraction of sp³-hybridized carbons (Fsp3) is 0.118. The summed E-state index contributed by atoms with van der Waals surface area (Å²) in [6.07, 6.45) is 0. The molecule has 0 unspecified atom stereocenters. The zero-order valence-corrected chi connectivity index (χ0v) is 15.0. The van der Waals surface area contributed by atoms with E-state index in [4.69, 9.17) is 42.8 Å². The Balaban J connectivity index is 1.69. The van der Waals surface area contributed by atoms with Gasteiger partial charge in [0.2, 0.25) is 5.89 Å². The van der Waals surface area contributed by atoms with Gasteiger partial charge in [-0.15, -0.1) is 10.2 Å².